The number of ether oxygens (including phenoxy) is 1. The number of hydrogen-bond donors (Lipinski definition) is 2. The van der Waals surface area contributed by atoms with Gasteiger partial charge in [0.05, 0.1) is 6.04 Å². The summed E-state index contributed by atoms with van der Waals surface area (Å²) < 4.78 is 21.6. The highest BCUT2D eigenvalue weighted by Crippen LogP contribution is 2.31. The van der Waals surface area contributed by atoms with Gasteiger partial charge in [-0.3, -0.25) is 9.59 Å². The molecule has 0 saturated carbocycles. The summed E-state index contributed by atoms with van der Waals surface area (Å²) in [5.74, 6) is -0.594. The van der Waals surface area contributed by atoms with E-state index >= 15 is 0 Å². The molecule has 29 heavy (non-hydrogen) atoms. The Labute approximate surface area is 167 Å². The Kier molecular flexibility index (Phi) is 5.21. The highest BCUT2D eigenvalue weighted by atomic mass is 19.1. The van der Waals surface area contributed by atoms with Crippen LogP contribution >= 0.6 is 0 Å². The Morgan fingerprint density at radius 2 is 2.28 bits per heavy atom. The predicted octanol–water partition coefficient (Wildman–Crippen LogP) is 2.53. The van der Waals surface area contributed by atoms with E-state index in [1.54, 1.807) is 13.0 Å². The van der Waals surface area contributed by atoms with Crippen LogP contribution < -0.4 is 15.4 Å². The Morgan fingerprint density at radius 3 is 3.07 bits per heavy atom. The van der Waals surface area contributed by atoms with Crippen LogP contribution in [-0.4, -0.2) is 39.2 Å². The molecule has 0 radical (unpaired) electrons. The summed E-state index contributed by atoms with van der Waals surface area (Å²) in [5, 5.41) is 9.50. The number of benzene rings is 1. The number of nitrogens with one attached hydrogen (secondary N) is 2. The first-order valence-corrected chi connectivity index (χ1v) is 9.96. The standard InChI is InChI=1S/C20H24FN5O3/c1-3-5-12-6-4-7-16-23-18(25-26(12)16)20(28)22-14-10-29-15-9-11(2)8-13(21)17(15)24-19(14)27/h8-9,12,14H,3-7,10H2,1-2H3,(H,22,28)(H,24,27)/t12-,14-/m0/s1. The Bertz CT molecular complexity index is 958. The number of aromatic nitrogens is 3. The molecular weight excluding hydrogens is 377 g/mol. The zero-order valence-corrected chi connectivity index (χ0v) is 16.5. The number of amides is 2. The third-order valence-electron chi connectivity index (χ3n) is 5.28. The molecule has 0 bridgehead atoms. The van der Waals surface area contributed by atoms with E-state index in [1.807, 2.05) is 4.68 Å². The van der Waals surface area contributed by atoms with Gasteiger partial charge in [0.25, 0.3) is 11.8 Å². The van der Waals surface area contributed by atoms with Crippen LogP contribution in [-0.2, 0) is 11.2 Å². The average molecular weight is 401 g/mol. The second kappa shape index (κ2) is 7.81. The molecule has 0 saturated heterocycles. The third kappa shape index (κ3) is 3.81. The summed E-state index contributed by atoms with van der Waals surface area (Å²) >= 11 is 0. The van der Waals surface area contributed by atoms with Crippen molar-refractivity contribution >= 4 is 17.5 Å². The molecule has 0 unspecified atom stereocenters. The minimum atomic E-state index is -0.985. The van der Waals surface area contributed by atoms with E-state index in [0.29, 0.717) is 5.56 Å². The molecule has 0 fully saturated rings. The second-order valence-electron chi connectivity index (χ2n) is 7.58. The molecule has 2 aliphatic heterocycles. The van der Waals surface area contributed by atoms with Gasteiger partial charge in [0, 0.05) is 6.42 Å². The molecule has 0 spiro atoms. The second-order valence-corrected chi connectivity index (χ2v) is 7.58. The lowest BCUT2D eigenvalue weighted by atomic mass is 10.0. The van der Waals surface area contributed by atoms with Crippen molar-refractivity contribution < 1.29 is 18.7 Å². The first-order valence-electron chi connectivity index (χ1n) is 9.96. The smallest absolute Gasteiger partial charge is 0.291 e. The quantitative estimate of drug-likeness (QED) is 0.820. The van der Waals surface area contributed by atoms with Crippen molar-refractivity contribution in [2.75, 3.05) is 11.9 Å². The molecule has 2 atom stereocenters. The zero-order valence-electron chi connectivity index (χ0n) is 16.5. The van der Waals surface area contributed by atoms with Crippen molar-refractivity contribution in [3.8, 4) is 5.75 Å². The van der Waals surface area contributed by atoms with Gasteiger partial charge in [0.1, 0.15) is 29.9 Å². The molecule has 9 heteroatoms. The maximum absolute atomic E-state index is 14.2. The largest absolute Gasteiger partial charge is 0.489 e. The van der Waals surface area contributed by atoms with Gasteiger partial charge in [0.15, 0.2) is 5.82 Å². The Morgan fingerprint density at radius 1 is 1.45 bits per heavy atom. The van der Waals surface area contributed by atoms with E-state index in [-0.39, 0.29) is 29.9 Å². The van der Waals surface area contributed by atoms with E-state index in [1.165, 1.54) is 6.07 Å². The van der Waals surface area contributed by atoms with Crippen molar-refractivity contribution in [3.63, 3.8) is 0 Å². The van der Waals surface area contributed by atoms with E-state index in [2.05, 4.69) is 27.6 Å². The number of fused-ring (bicyclic) bond motifs is 2. The molecule has 4 rings (SSSR count). The number of aryl methyl sites for hydroxylation is 2. The zero-order chi connectivity index (χ0) is 20.5. The fourth-order valence-corrected chi connectivity index (χ4v) is 3.87. The molecule has 1 aromatic carbocycles. The van der Waals surface area contributed by atoms with Crippen molar-refractivity contribution in [2.24, 2.45) is 0 Å². The number of rotatable bonds is 4. The molecule has 8 nitrogen and oxygen atoms in total. The van der Waals surface area contributed by atoms with Crippen molar-refractivity contribution in [2.45, 2.75) is 58.0 Å². The fraction of sp³-hybridized carbons (Fsp3) is 0.500. The fourth-order valence-electron chi connectivity index (χ4n) is 3.87. The maximum atomic E-state index is 14.2. The van der Waals surface area contributed by atoms with Crippen LogP contribution in [0.4, 0.5) is 10.1 Å². The van der Waals surface area contributed by atoms with Crippen LogP contribution in [0.15, 0.2) is 12.1 Å². The molecule has 2 aromatic rings. The van der Waals surface area contributed by atoms with Crippen LogP contribution in [0.2, 0.25) is 0 Å². The minimum absolute atomic E-state index is 0.0182. The van der Waals surface area contributed by atoms with Gasteiger partial charge in [-0.15, -0.1) is 5.10 Å². The summed E-state index contributed by atoms with van der Waals surface area (Å²) in [4.78, 5) is 29.6. The van der Waals surface area contributed by atoms with Crippen LogP contribution in [0.25, 0.3) is 0 Å². The lowest BCUT2D eigenvalue weighted by Crippen LogP contribution is -2.46. The average Bonchev–Trinajstić information content (AvgIpc) is 3.06. The normalized spacial score (nSPS) is 20.7. The van der Waals surface area contributed by atoms with Crippen molar-refractivity contribution in [3.05, 3.63) is 35.2 Å². The minimum Gasteiger partial charge on any atom is -0.489 e. The lowest BCUT2D eigenvalue weighted by Gasteiger charge is -2.22. The van der Waals surface area contributed by atoms with Crippen LogP contribution in [0.5, 0.6) is 5.75 Å². The monoisotopic (exact) mass is 401 g/mol. The molecule has 2 N–H and O–H groups in total. The number of carbonyl (C=O) groups is 2. The SMILES string of the molecule is CCC[C@H]1CCCc2nc(C(=O)N[C@H]3COc4cc(C)cc(F)c4NC3=O)nn21. The highest BCUT2D eigenvalue weighted by Gasteiger charge is 2.31. The molecular formula is C20H24FN5O3. The van der Waals surface area contributed by atoms with Crippen molar-refractivity contribution in [1.82, 2.24) is 20.1 Å². The van der Waals surface area contributed by atoms with Crippen LogP contribution in [0.3, 0.4) is 0 Å². The first kappa shape index (κ1) is 19.4. The van der Waals surface area contributed by atoms with E-state index in [0.717, 1.165) is 37.9 Å². The van der Waals surface area contributed by atoms with Crippen LogP contribution in [0, 0.1) is 12.7 Å². The topological polar surface area (TPSA) is 98.1 Å². The number of anilines is 1. The summed E-state index contributed by atoms with van der Waals surface area (Å²) in [7, 11) is 0. The highest BCUT2D eigenvalue weighted by molar-refractivity contribution is 6.01. The molecule has 1 aromatic heterocycles. The van der Waals surface area contributed by atoms with Crippen LogP contribution in [0.1, 0.15) is 60.7 Å². The first-order chi connectivity index (χ1) is 14.0. The number of carbonyl (C=O) groups excluding carboxylic acids is 2. The van der Waals surface area contributed by atoms with Crippen molar-refractivity contribution in [1.29, 1.82) is 0 Å². The number of hydrogen-bond acceptors (Lipinski definition) is 5. The summed E-state index contributed by atoms with van der Waals surface area (Å²) in [6.07, 6.45) is 4.84. The van der Waals surface area contributed by atoms with Gasteiger partial charge in [-0.2, -0.15) is 0 Å². The van der Waals surface area contributed by atoms with Gasteiger partial charge in [-0.25, -0.2) is 14.1 Å². The van der Waals surface area contributed by atoms with Gasteiger partial charge >= 0.3 is 0 Å². The van der Waals surface area contributed by atoms with Gasteiger partial charge in [0.2, 0.25) is 5.82 Å². The van der Waals surface area contributed by atoms with E-state index in [4.69, 9.17) is 4.74 Å². The van der Waals surface area contributed by atoms with E-state index < -0.39 is 23.7 Å². The molecule has 154 valence electrons. The Hall–Kier alpha value is -2.97. The van der Waals surface area contributed by atoms with Gasteiger partial charge in [-0.1, -0.05) is 13.3 Å². The van der Waals surface area contributed by atoms with Gasteiger partial charge in [-0.05, 0) is 43.9 Å². The predicted molar refractivity (Wildman–Crippen MR) is 103 cm³/mol. The summed E-state index contributed by atoms with van der Waals surface area (Å²) in [6.45, 7) is 3.74. The number of nitrogens with zero attached hydrogens (tertiary/aromatic N) is 3. The lowest BCUT2D eigenvalue weighted by molar-refractivity contribution is -0.118. The summed E-state index contributed by atoms with van der Waals surface area (Å²) in [6, 6.07) is 2.22. The number of halogens is 1. The summed E-state index contributed by atoms with van der Waals surface area (Å²) in [5.41, 5.74) is 0.655. The van der Waals surface area contributed by atoms with E-state index in [9.17, 15) is 14.0 Å². The Balaban J connectivity index is 1.49. The molecule has 2 amide bonds. The molecule has 2 aliphatic rings. The van der Waals surface area contributed by atoms with Gasteiger partial charge < -0.3 is 15.4 Å². The maximum Gasteiger partial charge on any atom is 0.291 e. The molecule has 3 heterocycles. The molecule has 0 aliphatic carbocycles. The third-order valence-corrected chi connectivity index (χ3v) is 5.28.